The summed E-state index contributed by atoms with van der Waals surface area (Å²) in [7, 11) is 0. The van der Waals surface area contributed by atoms with Crippen molar-refractivity contribution >= 4 is 33.9 Å². The number of aromatic nitrogens is 2. The van der Waals surface area contributed by atoms with Crippen LogP contribution >= 0.6 is 0 Å². The van der Waals surface area contributed by atoms with E-state index in [0.29, 0.717) is 11.4 Å². The van der Waals surface area contributed by atoms with E-state index in [9.17, 15) is 4.39 Å². The molecule has 2 aromatic carbocycles. The van der Waals surface area contributed by atoms with Crippen molar-refractivity contribution in [1.82, 2.24) is 9.38 Å². The zero-order valence-electron chi connectivity index (χ0n) is 13.1. The minimum absolute atomic E-state index is 0.240. The van der Waals surface area contributed by atoms with Crippen LogP contribution in [0.25, 0.3) is 16.6 Å². The first-order valence-corrected chi connectivity index (χ1v) is 7.63. The van der Waals surface area contributed by atoms with Crippen molar-refractivity contribution in [3.8, 4) is 0 Å². The second-order valence-corrected chi connectivity index (χ2v) is 5.57. The summed E-state index contributed by atoms with van der Waals surface area (Å²) in [4.78, 5) is 4.69. The van der Waals surface area contributed by atoms with Crippen molar-refractivity contribution in [2.45, 2.75) is 0 Å². The Morgan fingerprint density at radius 2 is 1.88 bits per heavy atom. The van der Waals surface area contributed by atoms with E-state index < -0.39 is 0 Å². The molecule has 0 unspecified atom stereocenters. The van der Waals surface area contributed by atoms with Gasteiger partial charge in [0.1, 0.15) is 11.7 Å². The predicted molar refractivity (Wildman–Crippen MR) is 97.3 cm³/mol. The molecule has 124 valence electrons. The molecule has 2 heterocycles. The number of anilines is 2. The molecule has 0 saturated heterocycles. The molecule has 0 aliphatic heterocycles. The first kappa shape index (κ1) is 14.9. The molecule has 0 radical (unpaired) electrons. The molecule has 0 atom stereocenters. The summed E-state index contributed by atoms with van der Waals surface area (Å²) in [6.45, 7) is 0. The number of hydrazone groups is 1. The summed E-state index contributed by atoms with van der Waals surface area (Å²) in [6.07, 6.45) is 1.95. The normalized spacial score (nSPS) is 12.0. The minimum atomic E-state index is -0.286. The van der Waals surface area contributed by atoms with Gasteiger partial charge in [0, 0.05) is 17.4 Å². The van der Waals surface area contributed by atoms with Crippen LogP contribution in [-0.4, -0.2) is 15.2 Å². The van der Waals surface area contributed by atoms with Gasteiger partial charge in [-0.3, -0.25) is 0 Å². The smallest absolute Gasteiger partial charge is 0.155 e. The van der Waals surface area contributed by atoms with Crippen LogP contribution in [0, 0.1) is 5.82 Å². The van der Waals surface area contributed by atoms with Gasteiger partial charge in [-0.15, -0.1) is 0 Å². The Labute approximate surface area is 142 Å². The highest BCUT2D eigenvalue weighted by atomic mass is 19.1. The Hall–Kier alpha value is -3.61. The molecule has 4 rings (SSSR count). The van der Waals surface area contributed by atoms with Gasteiger partial charge >= 0.3 is 0 Å². The Morgan fingerprint density at radius 1 is 1.08 bits per heavy atom. The lowest BCUT2D eigenvalue weighted by Crippen LogP contribution is -2.15. The third-order valence-corrected chi connectivity index (χ3v) is 4.00. The van der Waals surface area contributed by atoms with Gasteiger partial charge in [0.25, 0.3) is 0 Å². The summed E-state index contributed by atoms with van der Waals surface area (Å²) in [5.74, 6) is 5.87. The van der Waals surface area contributed by atoms with Crippen LogP contribution in [0.1, 0.15) is 5.56 Å². The first-order valence-electron chi connectivity index (χ1n) is 7.63. The van der Waals surface area contributed by atoms with Crippen LogP contribution in [0.3, 0.4) is 0 Å². The fourth-order valence-corrected chi connectivity index (χ4v) is 2.77. The second-order valence-electron chi connectivity index (χ2n) is 5.57. The van der Waals surface area contributed by atoms with Gasteiger partial charge in [-0.25, -0.2) is 9.37 Å². The summed E-state index contributed by atoms with van der Waals surface area (Å²) >= 11 is 0. The number of benzene rings is 2. The zero-order chi connectivity index (χ0) is 17.4. The van der Waals surface area contributed by atoms with E-state index in [1.54, 1.807) is 12.1 Å². The van der Waals surface area contributed by atoms with Crippen molar-refractivity contribution in [2.75, 3.05) is 5.32 Å². The largest absolute Gasteiger partial charge is 0.382 e. The van der Waals surface area contributed by atoms with Gasteiger partial charge in [0.2, 0.25) is 0 Å². The van der Waals surface area contributed by atoms with Gasteiger partial charge in [0.15, 0.2) is 5.82 Å². The topological polar surface area (TPSA) is 93.7 Å². The van der Waals surface area contributed by atoms with E-state index in [0.717, 1.165) is 22.2 Å². The summed E-state index contributed by atoms with van der Waals surface area (Å²) in [5.41, 5.74) is 9.80. The maximum Gasteiger partial charge on any atom is 0.155 e. The van der Waals surface area contributed by atoms with Crippen LogP contribution < -0.4 is 16.9 Å². The highest BCUT2D eigenvalue weighted by molar-refractivity contribution is 6.00. The zero-order valence-corrected chi connectivity index (χ0v) is 13.1. The molecule has 0 saturated carbocycles. The molecular weight excluding hydrogens is 319 g/mol. The molecule has 0 fully saturated rings. The van der Waals surface area contributed by atoms with Gasteiger partial charge in [-0.1, -0.05) is 0 Å². The monoisotopic (exact) mass is 334 g/mol. The Bertz CT molecular complexity index is 1100. The van der Waals surface area contributed by atoms with Crippen LogP contribution in [0.5, 0.6) is 0 Å². The average Bonchev–Trinajstić information content (AvgIpc) is 3.13. The van der Waals surface area contributed by atoms with Crippen LogP contribution in [-0.2, 0) is 0 Å². The molecule has 0 amide bonds. The summed E-state index contributed by atoms with van der Waals surface area (Å²) in [5, 5.41) is 6.76. The Balaban J connectivity index is 1.89. The molecule has 0 spiro atoms. The summed E-state index contributed by atoms with van der Waals surface area (Å²) in [6, 6.07) is 15.6. The molecule has 6 nitrogen and oxygen atoms in total. The highest BCUT2D eigenvalue weighted by Gasteiger charge is 2.10. The average molecular weight is 334 g/mol. The number of halogens is 1. The molecule has 5 N–H and O–H groups in total. The van der Waals surface area contributed by atoms with Gasteiger partial charge in [-0.2, -0.15) is 5.10 Å². The quantitative estimate of drug-likeness (QED) is 0.232. The predicted octanol–water partition coefficient (Wildman–Crippen LogP) is 2.95. The highest BCUT2D eigenvalue weighted by Crippen LogP contribution is 2.26. The third-order valence-electron chi connectivity index (χ3n) is 4.00. The van der Waals surface area contributed by atoms with Gasteiger partial charge in [0.05, 0.1) is 16.6 Å². The van der Waals surface area contributed by atoms with Crippen molar-refractivity contribution in [3.63, 3.8) is 0 Å². The molecular formula is C18H15FN6. The number of hydrogen-bond acceptors (Lipinski definition) is 4. The van der Waals surface area contributed by atoms with Crippen molar-refractivity contribution in [2.24, 2.45) is 16.7 Å². The lowest BCUT2D eigenvalue weighted by Gasteiger charge is -2.11. The number of nitrogens with two attached hydrogens (primary N) is 2. The number of fused-ring (bicyclic) bond motifs is 3. The van der Waals surface area contributed by atoms with Crippen molar-refractivity contribution in [3.05, 3.63) is 72.2 Å². The minimum Gasteiger partial charge on any atom is -0.382 e. The summed E-state index contributed by atoms with van der Waals surface area (Å²) < 4.78 is 15.1. The Kier molecular flexibility index (Phi) is 3.46. The Morgan fingerprint density at radius 3 is 2.64 bits per heavy atom. The van der Waals surface area contributed by atoms with Crippen LogP contribution in [0.15, 0.2) is 65.9 Å². The number of hydrogen-bond donors (Lipinski definition) is 3. The molecule has 7 heteroatoms. The SMILES string of the molecule is N/N=C(\N)c1ccc2c(c1)nc(Nc1ccc(F)cc1)c1cccn12. The number of nitrogens with one attached hydrogen (secondary N) is 1. The maximum absolute atomic E-state index is 13.1. The second kappa shape index (κ2) is 5.79. The third kappa shape index (κ3) is 2.61. The van der Waals surface area contributed by atoms with E-state index in [1.165, 1.54) is 12.1 Å². The van der Waals surface area contributed by atoms with E-state index >= 15 is 0 Å². The first-order chi connectivity index (χ1) is 12.2. The van der Waals surface area contributed by atoms with Crippen molar-refractivity contribution in [1.29, 1.82) is 0 Å². The molecule has 4 aromatic rings. The van der Waals surface area contributed by atoms with E-state index in [4.69, 9.17) is 16.6 Å². The lowest BCUT2D eigenvalue weighted by molar-refractivity contribution is 0.628. The lowest BCUT2D eigenvalue weighted by atomic mass is 10.1. The standard InChI is InChI=1S/C18H15FN6/c19-12-4-6-13(7-5-12)22-18-16-2-1-9-25(16)15-8-3-11(17(20)24-21)10-14(15)23-18/h1-10H,21H2,(H2,20,24)(H,22,23). The molecule has 0 aliphatic carbocycles. The van der Waals surface area contributed by atoms with Gasteiger partial charge in [-0.05, 0) is 54.6 Å². The molecule has 2 aromatic heterocycles. The van der Waals surface area contributed by atoms with E-state index in [2.05, 4.69) is 10.4 Å². The number of rotatable bonds is 3. The fourth-order valence-electron chi connectivity index (χ4n) is 2.77. The maximum atomic E-state index is 13.1. The molecule has 0 aliphatic rings. The van der Waals surface area contributed by atoms with E-state index in [1.807, 2.05) is 40.9 Å². The molecule has 25 heavy (non-hydrogen) atoms. The van der Waals surface area contributed by atoms with E-state index in [-0.39, 0.29) is 11.7 Å². The van der Waals surface area contributed by atoms with Crippen molar-refractivity contribution < 1.29 is 4.39 Å². The number of amidine groups is 1. The van der Waals surface area contributed by atoms with Gasteiger partial charge < -0.3 is 21.3 Å². The number of nitrogens with zero attached hydrogens (tertiary/aromatic N) is 3. The van der Waals surface area contributed by atoms with Crippen LogP contribution in [0.4, 0.5) is 15.9 Å². The fraction of sp³-hybridized carbons (Fsp3) is 0. The van der Waals surface area contributed by atoms with Crippen LogP contribution in [0.2, 0.25) is 0 Å². The molecule has 0 bridgehead atoms.